The molecule has 1 aromatic rings. The number of ether oxygens (including phenoxy) is 1. The van der Waals surface area contributed by atoms with Crippen LogP contribution in [0.2, 0.25) is 0 Å². The van der Waals surface area contributed by atoms with Crippen LogP contribution in [-0.2, 0) is 4.79 Å². The summed E-state index contributed by atoms with van der Waals surface area (Å²) in [6.07, 6.45) is 4.44. The fourth-order valence-corrected chi connectivity index (χ4v) is 1.45. The molecule has 0 aliphatic carbocycles. The first-order chi connectivity index (χ1) is 8.67. The number of hydrogen-bond donors (Lipinski definition) is 1. The number of hydrogen-bond acceptors (Lipinski definition) is 3. The van der Waals surface area contributed by atoms with E-state index in [0.29, 0.717) is 24.5 Å². The molecule has 1 rings (SSSR count). The largest absolute Gasteiger partial charge is 0.493 e. The molecule has 0 unspecified atom stereocenters. The van der Waals surface area contributed by atoms with Crippen molar-refractivity contribution in [1.82, 2.24) is 5.32 Å². The number of nitrogens with one attached hydrogen (secondary N) is 1. The molecule has 0 bridgehead atoms. The standard InChI is InChI=1S/C14H17NO3/c1-3-18-14-7-6-12(9-13(14)10-16)5-4-8-15-11(2)17/h4-7,9-10H,3,8H2,1-2H3,(H,15,17). The molecule has 4 nitrogen and oxygen atoms in total. The van der Waals surface area contributed by atoms with Gasteiger partial charge in [-0.3, -0.25) is 9.59 Å². The van der Waals surface area contributed by atoms with Crippen LogP contribution in [0.3, 0.4) is 0 Å². The van der Waals surface area contributed by atoms with E-state index in [2.05, 4.69) is 5.32 Å². The monoisotopic (exact) mass is 247 g/mol. The molecule has 0 heterocycles. The van der Waals surface area contributed by atoms with Crippen molar-refractivity contribution in [3.05, 3.63) is 35.4 Å². The van der Waals surface area contributed by atoms with Crippen molar-refractivity contribution < 1.29 is 14.3 Å². The van der Waals surface area contributed by atoms with Crippen LogP contribution >= 0.6 is 0 Å². The Morgan fingerprint density at radius 2 is 2.22 bits per heavy atom. The van der Waals surface area contributed by atoms with Gasteiger partial charge in [-0.1, -0.05) is 18.2 Å². The highest BCUT2D eigenvalue weighted by Gasteiger charge is 2.02. The van der Waals surface area contributed by atoms with Crippen molar-refractivity contribution in [3.63, 3.8) is 0 Å². The van der Waals surface area contributed by atoms with E-state index in [0.717, 1.165) is 11.8 Å². The number of carbonyl (C=O) groups excluding carboxylic acids is 2. The van der Waals surface area contributed by atoms with Gasteiger partial charge in [0, 0.05) is 13.5 Å². The molecule has 0 fully saturated rings. The molecule has 4 heteroatoms. The molecule has 0 radical (unpaired) electrons. The maximum atomic E-state index is 10.9. The zero-order valence-electron chi connectivity index (χ0n) is 10.6. The molecule has 1 N–H and O–H groups in total. The molecule has 0 aliphatic rings. The highest BCUT2D eigenvalue weighted by atomic mass is 16.5. The van der Waals surface area contributed by atoms with Crippen LogP contribution in [0, 0.1) is 0 Å². The van der Waals surface area contributed by atoms with Gasteiger partial charge in [-0.2, -0.15) is 0 Å². The van der Waals surface area contributed by atoms with Gasteiger partial charge in [-0.15, -0.1) is 0 Å². The maximum absolute atomic E-state index is 10.9. The molecule has 18 heavy (non-hydrogen) atoms. The summed E-state index contributed by atoms with van der Waals surface area (Å²) in [5, 5.41) is 2.66. The van der Waals surface area contributed by atoms with Crippen LogP contribution < -0.4 is 10.1 Å². The summed E-state index contributed by atoms with van der Waals surface area (Å²) in [5.41, 5.74) is 1.42. The number of amides is 1. The first kappa shape index (κ1) is 14.0. The molecule has 1 aromatic carbocycles. The Labute approximate surface area is 107 Å². The topological polar surface area (TPSA) is 55.4 Å². The average Bonchev–Trinajstić information content (AvgIpc) is 2.36. The molecule has 0 saturated carbocycles. The van der Waals surface area contributed by atoms with Crippen molar-refractivity contribution in [1.29, 1.82) is 0 Å². The third-order valence-electron chi connectivity index (χ3n) is 2.24. The van der Waals surface area contributed by atoms with Gasteiger partial charge < -0.3 is 10.1 Å². The van der Waals surface area contributed by atoms with Crippen LogP contribution in [-0.4, -0.2) is 25.3 Å². The second-order valence-corrected chi connectivity index (χ2v) is 3.69. The smallest absolute Gasteiger partial charge is 0.217 e. The summed E-state index contributed by atoms with van der Waals surface area (Å²) in [7, 11) is 0. The second kappa shape index (κ2) is 7.27. The van der Waals surface area contributed by atoms with Crippen LogP contribution in [0.25, 0.3) is 6.08 Å². The van der Waals surface area contributed by atoms with E-state index < -0.39 is 0 Å². The van der Waals surface area contributed by atoms with Gasteiger partial charge in [0.15, 0.2) is 6.29 Å². The van der Waals surface area contributed by atoms with Gasteiger partial charge in [0.2, 0.25) is 5.91 Å². The van der Waals surface area contributed by atoms with Gasteiger partial charge in [0.25, 0.3) is 0 Å². The molecule has 0 aromatic heterocycles. The first-order valence-electron chi connectivity index (χ1n) is 5.80. The Bertz CT molecular complexity index is 452. The molecule has 0 atom stereocenters. The van der Waals surface area contributed by atoms with Crippen molar-refractivity contribution in [3.8, 4) is 5.75 Å². The lowest BCUT2D eigenvalue weighted by atomic mass is 10.1. The van der Waals surface area contributed by atoms with E-state index in [1.54, 1.807) is 12.1 Å². The molecular formula is C14H17NO3. The normalized spacial score (nSPS) is 10.3. The lowest BCUT2D eigenvalue weighted by Gasteiger charge is -2.06. The average molecular weight is 247 g/mol. The highest BCUT2D eigenvalue weighted by Crippen LogP contribution is 2.19. The minimum Gasteiger partial charge on any atom is -0.493 e. The lowest BCUT2D eigenvalue weighted by molar-refractivity contribution is -0.118. The lowest BCUT2D eigenvalue weighted by Crippen LogP contribution is -2.19. The first-order valence-corrected chi connectivity index (χ1v) is 5.80. The van der Waals surface area contributed by atoms with Crippen LogP contribution in [0.1, 0.15) is 29.8 Å². The van der Waals surface area contributed by atoms with E-state index in [-0.39, 0.29) is 5.91 Å². The van der Waals surface area contributed by atoms with E-state index in [1.807, 2.05) is 25.1 Å². The maximum Gasteiger partial charge on any atom is 0.217 e. The Morgan fingerprint density at radius 1 is 1.44 bits per heavy atom. The van der Waals surface area contributed by atoms with Gasteiger partial charge in [0.05, 0.1) is 12.2 Å². The molecule has 96 valence electrons. The van der Waals surface area contributed by atoms with Gasteiger partial charge in [-0.25, -0.2) is 0 Å². The van der Waals surface area contributed by atoms with Crippen molar-refractivity contribution in [2.75, 3.05) is 13.2 Å². The highest BCUT2D eigenvalue weighted by molar-refractivity contribution is 5.81. The predicted molar refractivity (Wildman–Crippen MR) is 70.7 cm³/mol. The fourth-order valence-electron chi connectivity index (χ4n) is 1.45. The summed E-state index contributed by atoms with van der Waals surface area (Å²) in [6, 6.07) is 5.38. The van der Waals surface area contributed by atoms with E-state index >= 15 is 0 Å². The van der Waals surface area contributed by atoms with Crippen LogP contribution in [0.4, 0.5) is 0 Å². The molecule has 1 amide bonds. The summed E-state index contributed by atoms with van der Waals surface area (Å²) in [5.74, 6) is 0.520. The fraction of sp³-hybridized carbons (Fsp3) is 0.286. The van der Waals surface area contributed by atoms with E-state index in [9.17, 15) is 9.59 Å². The summed E-state index contributed by atoms with van der Waals surface area (Å²) in [4.78, 5) is 21.6. The Morgan fingerprint density at radius 3 is 2.83 bits per heavy atom. The molecule has 0 saturated heterocycles. The molecular weight excluding hydrogens is 230 g/mol. The van der Waals surface area contributed by atoms with Gasteiger partial charge >= 0.3 is 0 Å². The minimum absolute atomic E-state index is 0.0695. The van der Waals surface area contributed by atoms with Crippen molar-refractivity contribution in [2.24, 2.45) is 0 Å². The zero-order chi connectivity index (χ0) is 13.4. The third-order valence-corrected chi connectivity index (χ3v) is 2.24. The molecule has 0 spiro atoms. The Balaban J connectivity index is 2.72. The summed E-state index contributed by atoms with van der Waals surface area (Å²) in [6.45, 7) is 4.34. The minimum atomic E-state index is -0.0695. The van der Waals surface area contributed by atoms with Crippen LogP contribution in [0.15, 0.2) is 24.3 Å². The number of aldehydes is 1. The van der Waals surface area contributed by atoms with Crippen LogP contribution in [0.5, 0.6) is 5.75 Å². The van der Waals surface area contributed by atoms with Gasteiger partial charge in [0.1, 0.15) is 5.75 Å². The number of rotatable bonds is 6. The Kier molecular flexibility index (Phi) is 5.64. The van der Waals surface area contributed by atoms with Gasteiger partial charge in [-0.05, 0) is 24.6 Å². The SMILES string of the molecule is CCOc1ccc(C=CCNC(C)=O)cc1C=O. The van der Waals surface area contributed by atoms with E-state index in [4.69, 9.17) is 4.74 Å². The van der Waals surface area contributed by atoms with Crippen molar-refractivity contribution >= 4 is 18.3 Å². The third kappa shape index (κ3) is 4.41. The number of carbonyl (C=O) groups is 2. The molecule has 0 aliphatic heterocycles. The quantitative estimate of drug-likeness (QED) is 0.783. The number of benzene rings is 1. The second-order valence-electron chi connectivity index (χ2n) is 3.69. The summed E-state index contributed by atoms with van der Waals surface area (Å²) >= 11 is 0. The van der Waals surface area contributed by atoms with E-state index in [1.165, 1.54) is 6.92 Å². The predicted octanol–water partition coefficient (Wildman–Crippen LogP) is 2.05. The van der Waals surface area contributed by atoms with Crippen molar-refractivity contribution in [2.45, 2.75) is 13.8 Å². The summed E-state index contributed by atoms with van der Waals surface area (Å²) < 4.78 is 5.33. The Hall–Kier alpha value is -2.10. The zero-order valence-corrected chi connectivity index (χ0v) is 10.6.